The molecule has 0 aromatic heterocycles. The van der Waals surface area contributed by atoms with Crippen molar-refractivity contribution < 1.29 is 28.6 Å². The molecule has 0 rings (SSSR count). The Bertz CT molecular complexity index is 433. The van der Waals surface area contributed by atoms with E-state index < -0.39 is 41.0 Å². The van der Waals surface area contributed by atoms with E-state index in [0.717, 1.165) is 0 Å². The molecule has 0 radical (unpaired) electrons. The van der Waals surface area contributed by atoms with Crippen LogP contribution >= 0.6 is 0 Å². The van der Waals surface area contributed by atoms with Gasteiger partial charge in [-0.1, -0.05) is 0 Å². The van der Waals surface area contributed by atoms with Gasteiger partial charge in [0, 0.05) is 7.11 Å². The van der Waals surface area contributed by atoms with E-state index in [1.54, 1.807) is 41.5 Å². The number of Topliss-reactive ketones (excluding diaryl/α,β-unsaturated/α-hetero) is 1. The van der Waals surface area contributed by atoms with Crippen LogP contribution in [0.4, 0.5) is 4.79 Å². The molecule has 1 amide bonds. The van der Waals surface area contributed by atoms with Gasteiger partial charge in [0.1, 0.15) is 22.9 Å². The van der Waals surface area contributed by atoms with Crippen LogP contribution in [0.2, 0.25) is 0 Å². The van der Waals surface area contributed by atoms with Crippen molar-refractivity contribution in [3.63, 3.8) is 0 Å². The summed E-state index contributed by atoms with van der Waals surface area (Å²) in [6, 6.07) is -0.873. The number of ketones is 1. The molecular weight excluding hydrogens is 302 g/mol. The van der Waals surface area contributed by atoms with Crippen LogP contribution < -0.4 is 5.32 Å². The van der Waals surface area contributed by atoms with Crippen LogP contribution in [0.15, 0.2) is 0 Å². The predicted octanol–water partition coefficient (Wildman–Crippen LogP) is 2.07. The van der Waals surface area contributed by atoms with Gasteiger partial charge in [0.2, 0.25) is 0 Å². The Morgan fingerprint density at radius 3 is 1.78 bits per heavy atom. The number of amides is 1. The fourth-order valence-corrected chi connectivity index (χ4v) is 1.84. The quantitative estimate of drug-likeness (QED) is 0.592. The molecule has 0 aliphatic heterocycles. The Morgan fingerprint density at radius 2 is 1.43 bits per heavy atom. The molecule has 0 saturated heterocycles. The van der Waals surface area contributed by atoms with Crippen LogP contribution in [0, 0.1) is 5.92 Å². The molecule has 0 spiro atoms. The van der Waals surface area contributed by atoms with Crippen molar-refractivity contribution in [2.45, 2.75) is 65.7 Å². The van der Waals surface area contributed by atoms with Gasteiger partial charge in [0.25, 0.3) is 0 Å². The van der Waals surface area contributed by atoms with E-state index in [-0.39, 0.29) is 6.61 Å². The van der Waals surface area contributed by atoms with E-state index in [1.807, 2.05) is 0 Å². The summed E-state index contributed by atoms with van der Waals surface area (Å²) in [5.41, 5.74) is -1.44. The van der Waals surface area contributed by atoms with Crippen molar-refractivity contribution in [3.8, 4) is 0 Å². The summed E-state index contributed by atoms with van der Waals surface area (Å²) in [5, 5.41) is 2.51. The van der Waals surface area contributed by atoms with Crippen molar-refractivity contribution in [3.05, 3.63) is 0 Å². The largest absolute Gasteiger partial charge is 0.459 e. The van der Waals surface area contributed by atoms with Crippen LogP contribution in [-0.2, 0) is 23.8 Å². The second-order valence-electron chi connectivity index (χ2n) is 7.33. The van der Waals surface area contributed by atoms with Crippen molar-refractivity contribution in [2.24, 2.45) is 5.92 Å². The summed E-state index contributed by atoms with van der Waals surface area (Å²) in [6.45, 7) is 11.5. The normalized spacial score (nSPS) is 14.6. The zero-order chi connectivity index (χ0) is 18.4. The van der Waals surface area contributed by atoms with Crippen LogP contribution in [-0.4, -0.2) is 48.8 Å². The lowest BCUT2D eigenvalue weighted by atomic mass is 9.96. The molecule has 1 N–H and O–H groups in total. The fraction of sp³-hybridized carbons (Fsp3) is 0.812. The maximum Gasteiger partial charge on any atom is 0.407 e. The number of hydrogen-bond acceptors (Lipinski definition) is 6. The van der Waals surface area contributed by atoms with E-state index in [4.69, 9.17) is 14.2 Å². The number of esters is 1. The second-order valence-corrected chi connectivity index (χ2v) is 7.33. The maximum atomic E-state index is 12.3. The average molecular weight is 331 g/mol. The van der Waals surface area contributed by atoms with Gasteiger partial charge in [-0.05, 0) is 48.5 Å². The highest BCUT2D eigenvalue weighted by atomic mass is 16.6. The molecule has 7 heteroatoms. The molecule has 23 heavy (non-hydrogen) atoms. The number of rotatable bonds is 6. The zero-order valence-corrected chi connectivity index (χ0v) is 15.3. The molecule has 0 bridgehead atoms. The number of alkyl carbamates (subject to hydrolysis) is 1. The first-order chi connectivity index (χ1) is 10.3. The molecular formula is C16H29NO6. The highest BCUT2D eigenvalue weighted by Gasteiger charge is 2.37. The van der Waals surface area contributed by atoms with Crippen LogP contribution in [0.5, 0.6) is 0 Å². The number of nitrogens with one attached hydrogen (secondary N) is 1. The van der Waals surface area contributed by atoms with Crippen molar-refractivity contribution >= 4 is 17.8 Å². The monoisotopic (exact) mass is 331 g/mol. The number of carbonyl (C=O) groups is 3. The Kier molecular flexibility index (Phi) is 7.70. The number of ether oxygens (including phenoxy) is 3. The Labute approximate surface area is 138 Å². The number of carbonyl (C=O) groups excluding carboxylic acids is 3. The lowest BCUT2D eigenvalue weighted by Gasteiger charge is -2.29. The highest BCUT2D eigenvalue weighted by Crippen LogP contribution is 2.16. The minimum atomic E-state index is -1.17. The van der Waals surface area contributed by atoms with Crippen molar-refractivity contribution in [1.82, 2.24) is 5.32 Å². The smallest absolute Gasteiger partial charge is 0.407 e. The van der Waals surface area contributed by atoms with Crippen molar-refractivity contribution in [1.29, 1.82) is 0 Å². The lowest BCUT2D eigenvalue weighted by Crippen LogP contribution is -2.51. The summed E-state index contributed by atoms with van der Waals surface area (Å²) in [5.74, 6) is -2.29. The molecule has 2 unspecified atom stereocenters. The van der Waals surface area contributed by atoms with Gasteiger partial charge in [-0.15, -0.1) is 0 Å². The van der Waals surface area contributed by atoms with Gasteiger partial charge in [-0.3, -0.25) is 9.59 Å². The van der Waals surface area contributed by atoms with Crippen LogP contribution in [0.25, 0.3) is 0 Å². The third kappa shape index (κ3) is 9.18. The molecule has 0 aromatic rings. The molecule has 0 aliphatic carbocycles. The summed E-state index contributed by atoms with van der Waals surface area (Å²) >= 11 is 0. The molecule has 0 saturated carbocycles. The molecule has 2 atom stereocenters. The topological polar surface area (TPSA) is 90.9 Å². The Morgan fingerprint density at radius 1 is 0.957 bits per heavy atom. The average Bonchev–Trinajstić information content (AvgIpc) is 2.22. The van der Waals surface area contributed by atoms with Crippen molar-refractivity contribution in [2.75, 3.05) is 13.7 Å². The van der Waals surface area contributed by atoms with E-state index in [9.17, 15) is 14.4 Å². The number of methoxy groups -OCH3 is 1. The highest BCUT2D eigenvalue weighted by molar-refractivity contribution is 5.99. The maximum absolute atomic E-state index is 12.3. The molecule has 0 heterocycles. The number of hydrogen-bond donors (Lipinski definition) is 1. The first-order valence-electron chi connectivity index (χ1n) is 7.48. The molecule has 7 nitrogen and oxygen atoms in total. The minimum absolute atomic E-state index is 0.0251. The summed E-state index contributed by atoms with van der Waals surface area (Å²) in [4.78, 5) is 36.1. The van der Waals surface area contributed by atoms with E-state index in [1.165, 1.54) is 14.0 Å². The van der Waals surface area contributed by atoms with Gasteiger partial charge in [0.15, 0.2) is 0 Å². The molecule has 0 aromatic carbocycles. The third-order valence-corrected chi connectivity index (χ3v) is 2.55. The lowest BCUT2D eigenvalue weighted by molar-refractivity contribution is -0.163. The minimum Gasteiger partial charge on any atom is -0.459 e. The fourth-order valence-electron chi connectivity index (χ4n) is 1.84. The van der Waals surface area contributed by atoms with Gasteiger partial charge >= 0.3 is 12.1 Å². The summed E-state index contributed by atoms with van der Waals surface area (Å²) in [7, 11) is 1.41. The Hall–Kier alpha value is -1.63. The standard InChI is InChI=1S/C16H29NO6/c1-10(18)12(13(19)22-15(2,3)4)11(9-21-8)17-14(20)23-16(5,6)7/h11-12H,9H2,1-8H3,(H,17,20). The van der Waals surface area contributed by atoms with E-state index in [2.05, 4.69) is 5.32 Å². The predicted molar refractivity (Wildman–Crippen MR) is 85.0 cm³/mol. The Balaban J connectivity index is 5.21. The van der Waals surface area contributed by atoms with Gasteiger partial charge < -0.3 is 19.5 Å². The third-order valence-electron chi connectivity index (χ3n) is 2.55. The summed E-state index contributed by atoms with van der Waals surface area (Å²) in [6.07, 6.45) is -0.727. The summed E-state index contributed by atoms with van der Waals surface area (Å²) < 4.78 is 15.4. The zero-order valence-electron chi connectivity index (χ0n) is 15.3. The van der Waals surface area contributed by atoms with E-state index >= 15 is 0 Å². The van der Waals surface area contributed by atoms with Crippen LogP contribution in [0.1, 0.15) is 48.5 Å². The van der Waals surface area contributed by atoms with Gasteiger partial charge in [-0.25, -0.2) is 4.79 Å². The van der Waals surface area contributed by atoms with Gasteiger partial charge in [-0.2, -0.15) is 0 Å². The van der Waals surface area contributed by atoms with Gasteiger partial charge in [0.05, 0.1) is 12.6 Å². The molecule has 0 fully saturated rings. The molecule has 134 valence electrons. The second kappa shape index (κ2) is 8.29. The van der Waals surface area contributed by atoms with Crippen LogP contribution in [0.3, 0.4) is 0 Å². The van der Waals surface area contributed by atoms with E-state index in [0.29, 0.717) is 0 Å². The molecule has 0 aliphatic rings. The SMILES string of the molecule is COCC(NC(=O)OC(C)(C)C)C(C(C)=O)C(=O)OC(C)(C)C. The first kappa shape index (κ1) is 21.4. The first-order valence-corrected chi connectivity index (χ1v) is 7.48.